The van der Waals surface area contributed by atoms with Crippen LogP contribution in [0.4, 0.5) is 0 Å². The Balaban J connectivity index is 2.75. The van der Waals surface area contributed by atoms with Gasteiger partial charge in [0.25, 0.3) is 0 Å². The fourth-order valence-corrected chi connectivity index (χ4v) is 1.41. The Kier molecular flexibility index (Phi) is 3.29. The molecule has 0 radical (unpaired) electrons. The van der Waals surface area contributed by atoms with Crippen LogP contribution in [0.2, 0.25) is 0 Å². The van der Waals surface area contributed by atoms with Gasteiger partial charge < -0.3 is 4.57 Å². The van der Waals surface area contributed by atoms with Crippen molar-refractivity contribution in [3.05, 3.63) is 30.4 Å². The van der Waals surface area contributed by atoms with Crippen molar-refractivity contribution in [2.24, 2.45) is 5.92 Å². The van der Waals surface area contributed by atoms with Crippen molar-refractivity contribution in [1.82, 2.24) is 9.55 Å². The molecule has 1 aromatic rings. The number of allylic oxidation sites excluding steroid dienone is 1. The van der Waals surface area contributed by atoms with E-state index in [0.29, 0.717) is 5.92 Å². The molecular formula is C11H18N2. The van der Waals surface area contributed by atoms with E-state index in [4.69, 9.17) is 0 Å². The molecule has 1 aromatic heterocycles. The third-order valence-corrected chi connectivity index (χ3v) is 1.97. The molecule has 72 valence electrons. The lowest BCUT2D eigenvalue weighted by Crippen LogP contribution is -1.95. The lowest BCUT2D eigenvalue weighted by molar-refractivity contribution is 0.636. The van der Waals surface area contributed by atoms with Crippen LogP contribution in [0.1, 0.15) is 25.4 Å². The third kappa shape index (κ3) is 2.72. The van der Waals surface area contributed by atoms with E-state index >= 15 is 0 Å². The van der Waals surface area contributed by atoms with Crippen LogP contribution >= 0.6 is 0 Å². The van der Waals surface area contributed by atoms with Gasteiger partial charge in [0.2, 0.25) is 0 Å². The number of hydrogen-bond donors (Lipinski definition) is 0. The standard InChI is InChI=1S/C11H18N2/c1-5-6-13-8-11(7-9(2)3)12-10(13)4/h5,8-9H,1,6-7H2,2-4H3. The monoisotopic (exact) mass is 178 g/mol. The van der Waals surface area contributed by atoms with Crippen molar-refractivity contribution < 1.29 is 0 Å². The fourth-order valence-electron chi connectivity index (χ4n) is 1.41. The van der Waals surface area contributed by atoms with E-state index in [2.05, 4.69) is 36.2 Å². The second-order valence-electron chi connectivity index (χ2n) is 3.82. The topological polar surface area (TPSA) is 17.8 Å². The molecular weight excluding hydrogens is 160 g/mol. The summed E-state index contributed by atoms with van der Waals surface area (Å²) in [5, 5.41) is 0. The smallest absolute Gasteiger partial charge is 0.106 e. The molecule has 13 heavy (non-hydrogen) atoms. The summed E-state index contributed by atoms with van der Waals surface area (Å²) in [7, 11) is 0. The summed E-state index contributed by atoms with van der Waals surface area (Å²) in [6.07, 6.45) is 5.08. The van der Waals surface area contributed by atoms with Gasteiger partial charge in [0, 0.05) is 12.7 Å². The van der Waals surface area contributed by atoms with E-state index < -0.39 is 0 Å². The second-order valence-corrected chi connectivity index (χ2v) is 3.82. The summed E-state index contributed by atoms with van der Waals surface area (Å²) >= 11 is 0. The van der Waals surface area contributed by atoms with Crippen LogP contribution in [0.5, 0.6) is 0 Å². The quantitative estimate of drug-likeness (QED) is 0.648. The lowest BCUT2D eigenvalue weighted by Gasteiger charge is -1.99. The molecule has 1 rings (SSSR count). The second kappa shape index (κ2) is 4.26. The zero-order valence-electron chi connectivity index (χ0n) is 8.75. The molecule has 0 bridgehead atoms. The van der Waals surface area contributed by atoms with Crippen molar-refractivity contribution in [3.8, 4) is 0 Å². The third-order valence-electron chi connectivity index (χ3n) is 1.97. The Bertz CT molecular complexity index is 284. The summed E-state index contributed by atoms with van der Waals surface area (Å²) in [6, 6.07) is 0. The number of imidazole rings is 1. The van der Waals surface area contributed by atoms with Gasteiger partial charge in [-0.3, -0.25) is 0 Å². The summed E-state index contributed by atoms with van der Waals surface area (Å²) in [5.74, 6) is 1.75. The Labute approximate surface area is 80.3 Å². The van der Waals surface area contributed by atoms with Gasteiger partial charge in [-0.1, -0.05) is 19.9 Å². The first-order valence-electron chi connectivity index (χ1n) is 4.77. The zero-order valence-corrected chi connectivity index (χ0v) is 8.75. The van der Waals surface area contributed by atoms with Crippen molar-refractivity contribution in [2.45, 2.75) is 33.7 Å². The van der Waals surface area contributed by atoms with E-state index in [1.807, 2.05) is 13.0 Å². The Morgan fingerprint density at radius 1 is 1.62 bits per heavy atom. The van der Waals surface area contributed by atoms with Crippen LogP contribution in [0.15, 0.2) is 18.9 Å². The predicted octanol–water partition coefficient (Wildman–Crippen LogP) is 2.58. The molecule has 0 aliphatic rings. The molecule has 0 aromatic carbocycles. The van der Waals surface area contributed by atoms with E-state index in [1.54, 1.807) is 0 Å². The molecule has 0 saturated heterocycles. The van der Waals surface area contributed by atoms with Crippen LogP contribution < -0.4 is 0 Å². The zero-order chi connectivity index (χ0) is 9.84. The highest BCUT2D eigenvalue weighted by Crippen LogP contribution is 2.08. The average molecular weight is 178 g/mol. The number of nitrogens with zero attached hydrogens (tertiary/aromatic N) is 2. The highest BCUT2D eigenvalue weighted by molar-refractivity contribution is 5.04. The van der Waals surface area contributed by atoms with Gasteiger partial charge in [-0.2, -0.15) is 0 Å². The summed E-state index contributed by atoms with van der Waals surface area (Å²) < 4.78 is 2.13. The highest BCUT2D eigenvalue weighted by atomic mass is 15.1. The van der Waals surface area contributed by atoms with Crippen LogP contribution in [0.25, 0.3) is 0 Å². The fraction of sp³-hybridized carbons (Fsp3) is 0.545. The van der Waals surface area contributed by atoms with E-state index in [0.717, 1.165) is 18.8 Å². The molecule has 0 unspecified atom stereocenters. The van der Waals surface area contributed by atoms with Crippen LogP contribution in [0.3, 0.4) is 0 Å². The largest absolute Gasteiger partial charge is 0.331 e. The molecule has 2 nitrogen and oxygen atoms in total. The number of aromatic nitrogens is 2. The molecule has 0 aliphatic carbocycles. The molecule has 0 spiro atoms. The molecule has 1 heterocycles. The van der Waals surface area contributed by atoms with E-state index in [1.165, 1.54) is 5.69 Å². The van der Waals surface area contributed by atoms with Crippen molar-refractivity contribution in [3.63, 3.8) is 0 Å². The Morgan fingerprint density at radius 2 is 2.31 bits per heavy atom. The highest BCUT2D eigenvalue weighted by Gasteiger charge is 2.04. The summed E-state index contributed by atoms with van der Waals surface area (Å²) in [5.41, 5.74) is 1.19. The molecule has 2 heteroatoms. The van der Waals surface area contributed by atoms with Crippen LogP contribution in [-0.2, 0) is 13.0 Å². The van der Waals surface area contributed by atoms with Crippen molar-refractivity contribution >= 4 is 0 Å². The number of hydrogen-bond acceptors (Lipinski definition) is 1. The van der Waals surface area contributed by atoms with Gasteiger partial charge in [0.1, 0.15) is 5.82 Å². The lowest BCUT2D eigenvalue weighted by atomic mass is 10.1. The normalized spacial score (nSPS) is 10.8. The molecule has 0 aliphatic heterocycles. The maximum absolute atomic E-state index is 4.48. The minimum atomic E-state index is 0.673. The molecule has 0 amide bonds. The summed E-state index contributed by atoms with van der Waals surface area (Å²) in [4.78, 5) is 4.48. The molecule has 0 atom stereocenters. The predicted molar refractivity (Wildman–Crippen MR) is 55.7 cm³/mol. The Morgan fingerprint density at radius 3 is 2.85 bits per heavy atom. The van der Waals surface area contributed by atoms with E-state index in [-0.39, 0.29) is 0 Å². The number of rotatable bonds is 4. The van der Waals surface area contributed by atoms with Gasteiger partial charge in [-0.15, -0.1) is 6.58 Å². The SMILES string of the molecule is C=CCn1cc(CC(C)C)nc1C. The minimum absolute atomic E-state index is 0.673. The maximum Gasteiger partial charge on any atom is 0.106 e. The first-order valence-corrected chi connectivity index (χ1v) is 4.77. The first kappa shape index (κ1) is 10.0. The van der Waals surface area contributed by atoms with Gasteiger partial charge in [0.05, 0.1) is 5.69 Å². The van der Waals surface area contributed by atoms with Crippen molar-refractivity contribution in [2.75, 3.05) is 0 Å². The number of aryl methyl sites for hydroxylation is 1. The van der Waals surface area contributed by atoms with Gasteiger partial charge in [-0.25, -0.2) is 4.98 Å². The molecule has 0 N–H and O–H groups in total. The molecule has 0 fully saturated rings. The van der Waals surface area contributed by atoms with Gasteiger partial charge in [-0.05, 0) is 19.3 Å². The van der Waals surface area contributed by atoms with E-state index in [9.17, 15) is 0 Å². The summed E-state index contributed by atoms with van der Waals surface area (Å²) in [6.45, 7) is 11.0. The van der Waals surface area contributed by atoms with Crippen LogP contribution in [-0.4, -0.2) is 9.55 Å². The van der Waals surface area contributed by atoms with Gasteiger partial charge >= 0.3 is 0 Å². The Hall–Kier alpha value is -1.05. The average Bonchev–Trinajstić information content (AvgIpc) is 2.31. The van der Waals surface area contributed by atoms with Crippen LogP contribution in [0, 0.1) is 12.8 Å². The minimum Gasteiger partial charge on any atom is -0.331 e. The maximum atomic E-state index is 4.48. The molecule has 0 saturated carbocycles. The van der Waals surface area contributed by atoms with Crippen molar-refractivity contribution in [1.29, 1.82) is 0 Å². The first-order chi connectivity index (χ1) is 6.13. The van der Waals surface area contributed by atoms with Gasteiger partial charge in [0.15, 0.2) is 0 Å².